The average molecular weight is 256 g/mol. The van der Waals surface area contributed by atoms with E-state index in [0.717, 1.165) is 30.2 Å². The van der Waals surface area contributed by atoms with E-state index in [0.29, 0.717) is 6.54 Å². The Balaban J connectivity index is 2.29. The number of benzene rings is 1. The highest BCUT2D eigenvalue weighted by Crippen LogP contribution is 2.22. The smallest absolute Gasteiger partial charge is 0.229 e. The second-order valence-electron chi connectivity index (χ2n) is 4.69. The average Bonchev–Trinajstić information content (AvgIpc) is 2.43. The zero-order chi connectivity index (χ0) is 13.7. The van der Waals surface area contributed by atoms with Crippen molar-refractivity contribution in [2.24, 2.45) is 5.73 Å². The van der Waals surface area contributed by atoms with Gasteiger partial charge in [0.05, 0.1) is 0 Å². The van der Waals surface area contributed by atoms with Crippen LogP contribution < -0.4 is 10.6 Å². The van der Waals surface area contributed by atoms with Crippen LogP contribution in [0.1, 0.15) is 17.5 Å². The van der Waals surface area contributed by atoms with Gasteiger partial charge in [-0.15, -0.1) is 0 Å². The van der Waals surface area contributed by atoms with Crippen molar-refractivity contribution in [1.82, 2.24) is 9.97 Å². The zero-order valence-electron chi connectivity index (χ0n) is 11.5. The van der Waals surface area contributed by atoms with Crippen molar-refractivity contribution in [3.8, 4) is 0 Å². The van der Waals surface area contributed by atoms with E-state index in [1.54, 1.807) is 0 Å². The van der Waals surface area contributed by atoms with Crippen molar-refractivity contribution in [3.05, 3.63) is 47.8 Å². The molecule has 0 spiro atoms. The summed E-state index contributed by atoms with van der Waals surface area (Å²) >= 11 is 0. The van der Waals surface area contributed by atoms with Crippen LogP contribution >= 0.6 is 0 Å². The molecule has 0 fully saturated rings. The summed E-state index contributed by atoms with van der Waals surface area (Å²) in [7, 11) is 0. The molecule has 1 aromatic heterocycles. The van der Waals surface area contributed by atoms with Crippen LogP contribution in [-0.4, -0.2) is 23.1 Å². The Kier molecular flexibility index (Phi) is 4.47. The molecule has 0 atom stereocenters. The predicted octanol–water partition coefficient (Wildman–Crippen LogP) is 2.58. The first kappa shape index (κ1) is 13.5. The first-order valence-corrected chi connectivity index (χ1v) is 6.53. The van der Waals surface area contributed by atoms with Crippen molar-refractivity contribution in [3.63, 3.8) is 0 Å². The Labute approximate surface area is 114 Å². The lowest BCUT2D eigenvalue weighted by Crippen LogP contribution is -2.22. The van der Waals surface area contributed by atoms with Gasteiger partial charge in [0.15, 0.2) is 0 Å². The third-order valence-electron chi connectivity index (χ3n) is 2.94. The molecule has 0 aliphatic heterocycles. The Morgan fingerprint density at radius 3 is 2.21 bits per heavy atom. The third kappa shape index (κ3) is 3.51. The molecule has 1 aromatic carbocycles. The number of nitrogens with zero attached hydrogens (tertiary/aromatic N) is 3. The molecule has 1 heterocycles. The van der Waals surface area contributed by atoms with E-state index in [-0.39, 0.29) is 0 Å². The van der Waals surface area contributed by atoms with Gasteiger partial charge in [-0.1, -0.05) is 17.7 Å². The van der Waals surface area contributed by atoms with Crippen molar-refractivity contribution in [2.45, 2.75) is 20.3 Å². The minimum Gasteiger partial charge on any atom is -0.330 e. The molecular formula is C15H20N4. The minimum atomic E-state index is 0.661. The van der Waals surface area contributed by atoms with Crippen LogP contribution in [-0.2, 0) is 0 Å². The molecule has 2 rings (SSSR count). The minimum absolute atomic E-state index is 0.661. The third-order valence-corrected chi connectivity index (χ3v) is 2.94. The summed E-state index contributed by atoms with van der Waals surface area (Å²) in [4.78, 5) is 10.9. The predicted molar refractivity (Wildman–Crippen MR) is 78.6 cm³/mol. The second kappa shape index (κ2) is 6.29. The first-order valence-electron chi connectivity index (χ1n) is 6.53. The van der Waals surface area contributed by atoms with Crippen LogP contribution in [0.15, 0.2) is 36.7 Å². The summed E-state index contributed by atoms with van der Waals surface area (Å²) < 4.78 is 0. The van der Waals surface area contributed by atoms with Gasteiger partial charge in [0.2, 0.25) is 5.95 Å². The lowest BCUT2D eigenvalue weighted by atomic mass is 10.2. The number of nitrogens with two attached hydrogens (primary N) is 1. The van der Waals surface area contributed by atoms with Gasteiger partial charge in [-0.05, 0) is 44.5 Å². The fourth-order valence-electron chi connectivity index (χ4n) is 1.84. The topological polar surface area (TPSA) is 55.0 Å². The fourth-order valence-corrected chi connectivity index (χ4v) is 1.84. The van der Waals surface area contributed by atoms with Crippen molar-refractivity contribution >= 4 is 11.6 Å². The highest BCUT2D eigenvalue weighted by Gasteiger charge is 2.11. The highest BCUT2D eigenvalue weighted by molar-refractivity contribution is 5.57. The summed E-state index contributed by atoms with van der Waals surface area (Å²) in [6.45, 7) is 5.55. The molecule has 19 heavy (non-hydrogen) atoms. The summed E-state index contributed by atoms with van der Waals surface area (Å²) in [5, 5.41) is 0. The number of anilines is 2. The molecule has 0 saturated heterocycles. The molecule has 2 N–H and O–H groups in total. The largest absolute Gasteiger partial charge is 0.330 e. The van der Waals surface area contributed by atoms with E-state index in [9.17, 15) is 0 Å². The lowest BCUT2D eigenvalue weighted by molar-refractivity contribution is 0.798. The maximum absolute atomic E-state index is 5.61. The summed E-state index contributed by atoms with van der Waals surface area (Å²) in [6.07, 6.45) is 4.59. The van der Waals surface area contributed by atoms with Crippen LogP contribution in [0, 0.1) is 13.8 Å². The molecular weight excluding hydrogens is 236 g/mol. The van der Waals surface area contributed by atoms with Crippen LogP contribution in [0.4, 0.5) is 11.6 Å². The number of rotatable bonds is 5. The summed E-state index contributed by atoms with van der Waals surface area (Å²) in [5.41, 5.74) is 9.02. The molecule has 4 heteroatoms. The number of aryl methyl sites for hydroxylation is 2. The van der Waals surface area contributed by atoms with Crippen molar-refractivity contribution in [1.29, 1.82) is 0 Å². The Hall–Kier alpha value is -1.94. The van der Waals surface area contributed by atoms with E-state index in [1.165, 1.54) is 5.56 Å². The lowest BCUT2D eigenvalue weighted by Gasteiger charge is -2.22. The molecule has 4 nitrogen and oxygen atoms in total. The number of hydrogen-bond donors (Lipinski definition) is 1. The van der Waals surface area contributed by atoms with Crippen LogP contribution in [0.5, 0.6) is 0 Å². The standard InChI is InChI=1S/C15H20N4/c1-12-4-6-14(7-5-12)19(9-3-8-16)15-17-10-13(2)11-18-15/h4-7,10-11H,3,8-9,16H2,1-2H3. The molecule has 0 aliphatic rings. The normalized spacial score (nSPS) is 10.5. The van der Waals surface area contributed by atoms with Crippen molar-refractivity contribution in [2.75, 3.05) is 18.0 Å². The van der Waals surface area contributed by atoms with E-state index >= 15 is 0 Å². The number of aromatic nitrogens is 2. The zero-order valence-corrected chi connectivity index (χ0v) is 11.5. The monoisotopic (exact) mass is 256 g/mol. The Morgan fingerprint density at radius 2 is 1.63 bits per heavy atom. The second-order valence-corrected chi connectivity index (χ2v) is 4.69. The van der Waals surface area contributed by atoms with E-state index in [1.807, 2.05) is 19.3 Å². The highest BCUT2D eigenvalue weighted by atomic mass is 15.2. The number of hydrogen-bond acceptors (Lipinski definition) is 4. The van der Waals surface area contributed by atoms with Crippen molar-refractivity contribution < 1.29 is 0 Å². The van der Waals surface area contributed by atoms with Gasteiger partial charge in [-0.25, -0.2) is 9.97 Å². The molecule has 0 unspecified atom stereocenters. The Bertz CT molecular complexity index is 459. The molecule has 0 radical (unpaired) electrons. The van der Waals surface area contributed by atoms with Gasteiger partial charge in [-0.2, -0.15) is 0 Å². The van der Waals surface area contributed by atoms with E-state index < -0.39 is 0 Å². The van der Waals surface area contributed by atoms with E-state index in [4.69, 9.17) is 5.73 Å². The van der Waals surface area contributed by atoms with Crippen LogP contribution in [0.2, 0.25) is 0 Å². The molecule has 0 amide bonds. The van der Waals surface area contributed by atoms with Crippen LogP contribution in [0.3, 0.4) is 0 Å². The van der Waals surface area contributed by atoms with Gasteiger partial charge in [0, 0.05) is 24.6 Å². The summed E-state index contributed by atoms with van der Waals surface area (Å²) in [5.74, 6) is 0.725. The molecule has 100 valence electrons. The van der Waals surface area contributed by atoms with Gasteiger partial charge in [0.1, 0.15) is 0 Å². The van der Waals surface area contributed by atoms with Gasteiger partial charge < -0.3 is 10.6 Å². The molecule has 0 saturated carbocycles. The molecule has 0 aliphatic carbocycles. The summed E-state index contributed by atoms with van der Waals surface area (Å²) in [6, 6.07) is 8.38. The fraction of sp³-hybridized carbons (Fsp3) is 0.333. The van der Waals surface area contributed by atoms with Gasteiger partial charge in [-0.3, -0.25) is 0 Å². The van der Waals surface area contributed by atoms with Gasteiger partial charge >= 0.3 is 0 Å². The van der Waals surface area contributed by atoms with Crippen LogP contribution in [0.25, 0.3) is 0 Å². The van der Waals surface area contributed by atoms with Gasteiger partial charge in [0.25, 0.3) is 0 Å². The Morgan fingerprint density at radius 1 is 1.00 bits per heavy atom. The first-order chi connectivity index (χ1) is 9.20. The molecule has 0 bridgehead atoms. The SMILES string of the molecule is Cc1ccc(N(CCCN)c2ncc(C)cn2)cc1. The molecule has 2 aromatic rings. The quantitative estimate of drug-likeness (QED) is 0.893. The maximum atomic E-state index is 5.61. The van der Waals surface area contributed by atoms with E-state index in [2.05, 4.69) is 46.1 Å². The maximum Gasteiger partial charge on any atom is 0.229 e.